The second kappa shape index (κ2) is 17.3. The second-order valence-electron chi connectivity index (χ2n) is 13.7. The number of β-amino-alcohol motifs (C(OH)–C–C–N with tert-alkyl or cyclic N) is 1. The molecule has 2 aromatic heterocycles. The maximum absolute atomic E-state index is 11.8. The Labute approximate surface area is 323 Å². The molecule has 1 aliphatic carbocycles. The number of benzene rings is 2. The standard InChI is InChI=1S/C41H41ClN6O7/c1-25-29(6-4-7-32(25)33-8-5-9-34(26(33)2)39-47-46-38(55-39)11-13-48-12-10-31(50)21-48)23-54-37-16-36(53-22-28-14-27(17-43)18-44-19-28)30(15-35(37)42)20-45-41(3,24-49)40(51)52/h4,6-8,14-16,18-19,31,45,49-50H,10-13,20-24H2,1-3H3,(H,51,52)/t31-,41?/m1/s1. The summed E-state index contributed by atoms with van der Waals surface area (Å²) in [5.74, 6) is 0.382. The lowest BCUT2D eigenvalue weighted by Gasteiger charge is -2.25. The quantitative estimate of drug-likeness (QED) is 0.110. The summed E-state index contributed by atoms with van der Waals surface area (Å²) in [7, 11) is 0. The first-order chi connectivity index (χ1) is 26.5. The van der Waals surface area contributed by atoms with Crippen molar-refractivity contribution in [2.45, 2.75) is 65.0 Å². The maximum Gasteiger partial charge on any atom is 0.326 e. The van der Waals surface area contributed by atoms with Gasteiger partial charge in [-0.15, -0.1) is 10.2 Å². The van der Waals surface area contributed by atoms with Crippen LogP contribution < -0.4 is 14.8 Å². The van der Waals surface area contributed by atoms with Gasteiger partial charge >= 0.3 is 5.97 Å². The van der Waals surface area contributed by atoms with Gasteiger partial charge in [0.2, 0.25) is 5.89 Å². The Kier molecular flexibility index (Phi) is 12.3. The van der Waals surface area contributed by atoms with Gasteiger partial charge in [0.05, 0.1) is 28.9 Å². The van der Waals surface area contributed by atoms with Gasteiger partial charge in [0.1, 0.15) is 36.3 Å². The van der Waals surface area contributed by atoms with E-state index in [0.717, 1.165) is 47.3 Å². The lowest BCUT2D eigenvalue weighted by molar-refractivity contribution is -0.145. The lowest BCUT2D eigenvalue weighted by Crippen LogP contribution is -2.52. The predicted molar refractivity (Wildman–Crippen MR) is 203 cm³/mol. The topological polar surface area (TPSA) is 187 Å². The van der Waals surface area contributed by atoms with Crippen molar-refractivity contribution in [1.82, 2.24) is 25.4 Å². The molecule has 1 aliphatic heterocycles. The molecule has 13 nitrogen and oxygen atoms in total. The highest BCUT2D eigenvalue weighted by Gasteiger charge is 2.32. The Balaban J connectivity index is 1.20. The van der Waals surface area contributed by atoms with Crippen LogP contribution in [0, 0.1) is 18.3 Å². The summed E-state index contributed by atoms with van der Waals surface area (Å²) < 4.78 is 18.5. The number of carboxylic acids is 1. The molecule has 2 aliphatic rings. The summed E-state index contributed by atoms with van der Waals surface area (Å²) in [5, 5.41) is 50.2. The molecule has 2 aromatic carbocycles. The zero-order chi connectivity index (χ0) is 39.1. The first-order valence-corrected chi connectivity index (χ1v) is 18.1. The number of nitrogens with zero attached hydrogens (tertiary/aromatic N) is 5. The minimum Gasteiger partial charge on any atom is -0.488 e. The van der Waals surface area contributed by atoms with Gasteiger partial charge in [0.15, 0.2) is 0 Å². The number of hydrogen-bond donors (Lipinski definition) is 4. The maximum atomic E-state index is 11.8. The van der Waals surface area contributed by atoms with Gasteiger partial charge in [-0.05, 0) is 73.2 Å². The molecule has 2 atom stereocenters. The number of aliphatic carboxylic acids is 1. The number of ether oxygens (including phenoxy) is 2. The second-order valence-corrected chi connectivity index (χ2v) is 14.1. The van der Waals surface area contributed by atoms with Crippen molar-refractivity contribution in [3.05, 3.63) is 122 Å². The highest BCUT2D eigenvalue weighted by molar-refractivity contribution is 6.32. The first kappa shape index (κ1) is 39.2. The first-order valence-electron chi connectivity index (χ1n) is 17.7. The highest BCUT2D eigenvalue weighted by Crippen LogP contribution is 2.36. The monoisotopic (exact) mass is 764 g/mol. The van der Waals surface area contributed by atoms with Crippen LogP contribution in [0.4, 0.5) is 0 Å². The fourth-order valence-electron chi connectivity index (χ4n) is 6.26. The molecule has 0 amide bonds. The van der Waals surface area contributed by atoms with Crippen LogP contribution >= 0.6 is 11.6 Å². The molecule has 1 unspecified atom stereocenters. The van der Waals surface area contributed by atoms with Crippen LogP contribution in [0.1, 0.15) is 65.4 Å². The molecule has 0 radical (unpaired) electrons. The van der Waals surface area contributed by atoms with Crippen LogP contribution in [-0.2, 0) is 31.0 Å². The average Bonchev–Trinajstić information content (AvgIpc) is 3.84. The SMILES string of the molecule is CC1=C(c2cccc(COc3cc(OCc4cncc(C#N)c4)c(CNC(C)(CO)C(=O)O)cc3Cl)c2C)C=C=C=C1c1nnc(CCN2CC[C@@H](O)C2)o1. The van der Waals surface area contributed by atoms with E-state index >= 15 is 0 Å². The largest absolute Gasteiger partial charge is 0.488 e. The fraction of sp³-hybridized carbons (Fsp3) is 0.341. The number of aromatic nitrogens is 3. The van der Waals surface area contributed by atoms with E-state index in [1.807, 2.05) is 38.1 Å². The number of nitrogens with one attached hydrogen (secondary N) is 1. The number of aliphatic hydroxyl groups is 2. The number of aliphatic hydroxyl groups excluding tert-OH is 2. The lowest BCUT2D eigenvalue weighted by atomic mass is 9.89. The van der Waals surface area contributed by atoms with E-state index in [1.165, 1.54) is 13.1 Å². The van der Waals surface area contributed by atoms with Crippen molar-refractivity contribution in [1.29, 1.82) is 5.26 Å². The summed E-state index contributed by atoms with van der Waals surface area (Å²) in [5.41, 5.74) is 11.6. The van der Waals surface area contributed by atoms with E-state index in [-0.39, 0.29) is 30.9 Å². The number of likely N-dealkylation sites (tertiary alicyclic amines) is 1. The summed E-state index contributed by atoms with van der Waals surface area (Å²) in [6, 6.07) is 12.9. The molecule has 6 rings (SSSR count). The fourth-order valence-corrected chi connectivity index (χ4v) is 6.50. The average molecular weight is 765 g/mol. The van der Waals surface area contributed by atoms with E-state index < -0.39 is 18.1 Å². The van der Waals surface area contributed by atoms with Crippen LogP contribution in [0.3, 0.4) is 0 Å². The van der Waals surface area contributed by atoms with E-state index in [4.69, 9.17) is 25.5 Å². The van der Waals surface area contributed by atoms with Crippen LogP contribution in [0.15, 0.2) is 76.3 Å². The Morgan fingerprint density at radius 2 is 1.98 bits per heavy atom. The molecule has 284 valence electrons. The Morgan fingerprint density at radius 1 is 1.16 bits per heavy atom. The van der Waals surface area contributed by atoms with E-state index in [1.54, 1.807) is 24.4 Å². The molecular weight excluding hydrogens is 724 g/mol. The van der Waals surface area contributed by atoms with Crippen molar-refractivity contribution >= 4 is 28.7 Å². The van der Waals surface area contributed by atoms with E-state index in [0.29, 0.717) is 58.5 Å². The molecule has 55 heavy (non-hydrogen) atoms. The number of carbonyl (C=O) groups is 1. The highest BCUT2D eigenvalue weighted by atomic mass is 35.5. The van der Waals surface area contributed by atoms with Crippen molar-refractivity contribution in [3.8, 4) is 17.6 Å². The number of halogens is 1. The van der Waals surface area contributed by atoms with Gasteiger partial charge in [-0.2, -0.15) is 5.26 Å². The molecule has 14 heteroatoms. The third kappa shape index (κ3) is 9.23. The van der Waals surface area contributed by atoms with Gasteiger partial charge in [0.25, 0.3) is 5.89 Å². The Bertz CT molecular complexity index is 2270. The van der Waals surface area contributed by atoms with Gasteiger partial charge < -0.3 is 34.1 Å². The molecule has 1 fully saturated rings. The molecular formula is C41H41ClN6O7. The number of nitriles is 1. The zero-order valence-electron chi connectivity index (χ0n) is 30.7. The van der Waals surface area contributed by atoms with Gasteiger partial charge in [-0.25, -0.2) is 0 Å². The molecule has 3 heterocycles. The Morgan fingerprint density at radius 3 is 2.73 bits per heavy atom. The minimum absolute atomic E-state index is 0.0116. The van der Waals surface area contributed by atoms with Crippen LogP contribution in [-0.4, -0.2) is 79.3 Å². The smallest absolute Gasteiger partial charge is 0.326 e. The molecule has 0 saturated carbocycles. The summed E-state index contributed by atoms with van der Waals surface area (Å²) >= 11 is 6.73. The third-order valence-electron chi connectivity index (χ3n) is 9.77. The predicted octanol–water partition coefficient (Wildman–Crippen LogP) is 5.17. The van der Waals surface area contributed by atoms with Crippen molar-refractivity contribution in [2.24, 2.45) is 0 Å². The zero-order valence-corrected chi connectivity index (χ0v) is 31.5. The van der Waals surface area contributed by atoms with Crippen LogP contribution in [0.5, 0.6) is 11.5 Å². The third-order valence-corrected chi connectivity index (χ3v) is 10.1. The number of allylic oxidation sites excluding steroid dienone is 4. The van der Waals surface area contributed by atoms with Crippen LogP contribution in [0.2, 0.25) is 5.02 Å². The number of rotatable bonds is 16. The number of pyridine rings is 1. The van der Waals surface area contributed by atoms with Crippen molar-refractivity contribution < 1.29 is 34.0 Å². The molecule has 0 spiro atoms. The van der Waals surface area contributed by atoms with Crippen molar-refractivity contribution in [3.63, 3.8) is 0 Å². The summed E-state index contributed by atoms with van der Waals surface area (Å²) in [4.78, 5) is 18.1. The van der Waals surface area contributed by atoms with Gasteiger partial charge in [-0.1, -0.05) is 41.3 Å². The summed E-state index contributed by atoms with van der Waals surface area (Å²) in [6.45, 7) is 7.22. The van der Waals surface area contributed by atoms with E-state index in [2.05, 4.69) is 42.9 Å². The van der Waals surface area contributed by atoms with Crippen molar-refractivity contribution in [2.75, 3.05) is 26.2 Å². The molecule has 0 bridgehead atoms. The van der Waals surface area contributed by atoms with Gasteiger partial charge in [-0.3, -0.25) is 15.1 Å². The minimum atomic E-state index is -1.60. The number of hydrogen-bond acceptors (Lipinski definition) is 12. The molecule has 1 saturated heterocycles. The van der Waals surface area contributed by atoms with E-state index in [9.17, 15) is 25.4 Å². The van der Waals surface area contributed by atoms with Gasteiger partial charge in [0, 0.05) is 62.2 Å². The number of carboxylic acid groups (broad SMARTS) is 1. The molecule has 4 N–H and O–H groups in total. The van der Waals surface area contributed by atoms with Crippen LogP contribution in [0.25, 0.3) is 11.1 Å². The normalized spacial score (nSPS) is 16.5. The Hall–Kier alpha value is -5.54. The summed E-state index contributed by atoms with van der Waals surface area (Å²) in [6.07, 6.45) is 6.00. The molecule has 4 aromatic rings.